The molecule has 1 aliphatic rings. The summed E-state index contributed by atoms with van der Waals surface area (Å²) in [4.78, 5) is 11.9. The molecule has 2 aromatic carbocycles. The molecule has 0 aliphatic heterocycles. The Kier molecular flexibility index (Phi) is 4.39. The van der Waals surface area contributed by atoms with Crippen LogP contribution in [0.25, 0.3) is 0 Å². The van der Waals surface area contributed by atoms with E-state index in [0.29, 0.717) is 11.3 Å². The normalized spacial score (nSPS) is 14.8. The number of aryl methyl sites for hydroxylation is 2. The van der Waals surface area contributed by atoms with Gasteiger partial charge in [-0.2, -0.15) is 0 Å². The van der Waals surface area contributed by atoms with Gasteiger partial charge >= 0.3 is 0 Å². The van der Waals surface area contributed by atoms with Crippen LogP contribution in [0.5, 0.6) is 5.75 Å². The van der Waals surface area contributed by atoms with E-state index in [1.807, 2.05) is 30.3 Å². The molecule has 2 N–H and O–H groups in total. The molecule has 1 atom stereocenters. The van der Waals surface area contributed by atoms with Crippen LogP contribution in [0.15, 0.2) is 48.5 Å². The topological polar surface area (TPSA) is 58.6 Å². The van der Waals surface area contributed by atoms with Crippen LogP contribution in [0.4, 0.5) is 0 Å². The SMILES string of the molecule is O=C(NO)C(Oc1ccc2c(c1)CCCC2)c1ccccc1. The summed E-state index contributed by atoms with van der Waals surface area (Å²) in [5.41, 5.74) is 5.04. The van der Waals surface area contributed by atoms with E-state index in [2.05, 4.69) is 6.07 Å². The number of carbonyl (C=O) groups is 1. The van der Waals surface area contributed by atoms with Crippen LogP contribution in [-0.2, 0) is 17.6 Å². The molecule has 0 saturated carbocycles. The Morgan fingerprint density at radius 3 is 2.50 bits per heavy atom. The predicted octanol–water partition coefficient (Wildman–Crippen LogP) is 3.19. The van der Waals surface area contributed by atoms with E-state index in [4.69, 9.17) is 9.94 Å². The summed E-state index contributed by atoms with van der Waals surface area (Å²) in [6.07, 6.45) is 3.71. The number of nitrogens with one attached hydrogen (secondary N) is 1. The highest BCUT2D eigenvalue weighted by atomic mass is 16.5. The van der Waals surface area contributed by atoms with Crippen molar-refractivity contribution in [1.29, 1.82) is 0 Å². The van der Waals surface area contributed by atoms with Crippen molar-refractivity contribution in [1.82, 2.24) is 5.48 Å². The van der Waals surface area contributed by atoms with Crippen LogP contribution in [0.3, 0.4) is 0 Å². The molecule has 3 rings (SSSR count). The molecule has 2 aromatic rings. The van der Waals surface area contributed by atoms with E-state index in [-0.39, 0.29) is 0 Å². The fourth-order valence-corrected chi connectivity index (χ4v) is 2.88. The third kappa shape index (κ3) is 3.12. The lowest BCUT2D eigenvalue weighted by Gasteiger charge is -2.20. The number of ether oxygens (including phenoxy) is 1. The highest BCUT2D eigenvalue weighted by Gasteiger charge is 2.22. The first-order chi connectivity index (χ1) is 10.8. The largest absolute Gasteiger partial charge is 0.476 e. The molecule has 114 valence electrons. The first kappa shape index (κ1) is 14.6. The molecule has 4 nitrogen and oxygen atoms in total. The van der Waals surface area contributed by atoms with Crippen molar-refractivity contribution in [3.05, 3.63) is 65.2 Å². The summed E-state index contributed by atoms with van der Waals surface area (Å²) in [5.74, 6) is 0.0713. The van der Waals surface area contributed by atoms with Gasteiger partial charge in [-0.05, 0) is 48.9 Å². The fourth-order valence-electron chi connectivity index (χ4n) is 2.88. The van der Waals surface area contributed by atoms with Crippen LogP contribution < -0.4 is 10.2 Å². The zero-order valence-corrected chi connectivity index (χ0v) is 12.3. The van der Waals surface area contributed by atoms with Gasteiger partial charge in [0.15, 0.2) is 0 Å². The zero-order chi connectivity index (χ0) is 15.4. The third-order valence-corrected chi connectivity index (χ3v) is 4.02. The fraction of sp³-hybridized carbons (Fsp3) is 0.278. The maximum absolute atomic E-state index is 11.9. The Bertz CT molecular complexity index is 655. The maximum Gasteiger partial charge on any atom is 0.289 e. The standard InChI is InChI=1S/C18H19NO3/c20-18(19-21)17(14-7-2-1-3-8-14)22-16-11-10-13-6-4-5-9-15(13)12-16/h1-3,7-8,10-12,17,21H,4-6,9H2,(H,19,20). The number of hydroxylamine groups is 1. The van der Waals surface area contributed by atoms with Gasteiger partial charge < -0.3 is 4.74 Å². The molecule has 1 unspecified atom stereocenters. The van der Waals surface area contributed by atoms with Crippen molar-refractivity contribution in [2.45, 2.75) is 31.8 Å². The summed E-state index contributed by atoms with van der Waals surface area (Å²) >= 11 is 0. The molecule has 0 spiro atoms. The molecule has 0 bridgehead atoms. The van der Waals surface area contributed by atoms with Gasteiger partial charge in [0.05, 0.1) is 0 Å². The number of benzene rings is 2. The minimum atomic E-state index is -0.868. The number of hydrogen-bond acceptors (Lipinski definition) is 3. The number of amides is 1. The lowest BCUT2D eigenvalue weighted by molar-refractivity contribution is -0.136. The Balaban J connectivity index is 1.86. The van der Waals surface area contributed by atoms with Crippen LogP contribution >= 0.6 is 0 Å². The molecule has 22 heavy (non-hydrogen) atoms. The van der Waals surface area contributed by atoms with Crippen LogP contribution in [-0.4, -0.2) is 11.1 Å². The van der Waals surface area contributed by atoms with Gasteiger partial charge in [-0.1, -0.05) is 36.4 Å². The lowest BCUT2D eigenvalue weighted by Crippen LogP contribution is -2.30. The number of fused-ring (bicyclic) bond motifs is 1. The van der Waals surface area contributed by atoms with Gasteiger partial charge in [-0.15, -0.1) is 0 Å². The Labute approximate surface area is 129 Å². The second-order valence-corrected chi connectivity index (χ2v) is 5.52. The second kappa shape index (κ2) is 6.62. The summed E-state index contributed by atoms with van der Waals surface area (Å²) in [5, 5.41) is 8.96. The molecule has 0 saturated heterocycles. The van der Waals surface area contributed by atoms with E-state index < -0.39 is 12.0 Å². The van der Waals surface area contributed by atoms with E-state index in [1.54, 1.807) is 17.6 Å². The molecule has 1 amide bonds. The molecular formula is C18H19NO3. The molecular weight excluding hydrogens is 278 g/mol. The first-order valence-corrected chi connectivity index (χ1v) is 7.55. The first-order valence-electron chi connectivity index (χ1n) is 7.55. The quantitative estimate of drug-likeness (QED) is 0.673. The Hall–Kier alpha value is -2.33. The van der Waals surface area contributed by atoms with E-state index in [9.17, 15) is 4.79 Å². The van der Waals surface area contributed by atoms with Gasteiger partial charge in [-0.25, -0.2) is 5.48 Å². The van der Waals surface area contributed by atoms with Crippen LogP contribution in [0, 0.1) is 0 Å². The smallest absolute Gasteiger partial charge is 0.289 e. The Morgan fingerprint density at radius 1 is 1.05 bits per heavy atom. The minimum absolute atomic E-state index is 0.580. The van der Waals surface area contributed by atoms with Crippen molar-refractivity contribution in [2.75, 3.05) is 0 Å². The van der Waals surface area contributed by atoms with Crippen molar-refractivity contribution in [2.24, 2.45) is 0 Å². The van der Waals surface area contributed by atoms with Gasteiger partial charge in [0.25, 0.3) is 5.91 Å². The van der Waals surface area contributed by atoms with E-state index in [0.717, 1.165) is 12.8 Å². The lowest BCUT2D eigenvalue weighted by atomic mass is 9.92. The average molecular weight is 297 g/mol. The predicted molar refractivity (Wildman–Crippen MR) is 82.8 cm³/mol. The molecule has 0 fully saturated rings. The molecule has 0 aromatic heterocycles. The average Bonchev–Trinajstić information content (AvgIpc) is 2.59. The van der Waals surface area contributed by atoms with Gasteiger partial charge in [0.1, 0.15) is 5.75 Å². The van der Waals surface area contributed by atoms with Crippen LogP contribution in [0.1, 0.15) is 35.6 Å². The minimum Gasteiger partial charge on any atom is -0.476 e. The summed E-state index contributed by atoms with van der Waals surface area (Å²) in [6, 6.07) is 15.1. The second-order valence-electron chi connectivity index (χ2n) is 5.52. The van der Waals surface area contributed by atoms with Gasteiger partial charge in [0.2, 0.25) is 6.10 Å². The van der Waals surface area contributed by atoms with Gasteiger partial charge in [-0.3, -0.25) is 10.0 Å². The zero-order valence-electron chi connectivity index (χ0n) is 12.3. The molecule has 1 aliphatic carbocycles. The van der Waals surface area contributed by atoms with Crippen molar-refractivity contribution in [3.63, 3.8) is 0 Å². The third-order valence-electron chi connectivity index (χ3n) is 4.02. The summed E-state index contributed by atoms with van der Waals surface area (Å²) < 4.78 is 5.85. The maximum atomic E-state index is 11.9. The summed E-state index contributed by atoms with van der Waals surface area (Å²) in [7, 11) is 0. The monoisotopic (exact) mass is 297 g/mol. The van der Waals surface area contributed by atoms with E-state index in [1.165, 1.54) is 24.0 Å². The highest BCUT2D eigenvalue weighted by Crippen LogP contribution is 2.28. The molecule has 4 heteroatoms. The van der Waals surface area contributed by atoms with Crippen molar-refractivity contribution in [3.8, 4) is 5.75 Å². The van der Waals surface area contributed by atoms with Crippen molar-refractivity contribution < 1.29 is 14.7 Å². The molecule has 0 radical (unpaired) electrons. The number of rotatable bonds is 4. The number of hydrogen-bond donors (Lipinski definition) is 2. The summed E-state index contributed by atoms with van der Waals surface area (Å²) in [6.45, 7) is 0. The van der Waals surface area contributed by atoms with Gasteiger partial charge in [0, 0.05) is 5.56 Å². The van der Waals surface area contributed by atoms with Crippen molar-refractivity contribution >= 4 is 5.91 Å². The molecule has 0 heterocycles. The number of carbonyl (C=O) groups excluding carboxylic acids is 1. The van der Waals surface area contributed by atoms with Crippen LogP contribution in [0.2, 0.25) is 0 Å². The van der Waals surface area contributed by atoms with E-state index >= 15 is 0 Å². The highest BCUT2D eigenvalue weighted by molar-refractivity contribution is 5.81. The Morgan fingerprint density at radius 2 is 1.77 bits per heavy atom.